The van der Waals surface area contributed by atoms with Gasteiger partial charge in [0.25, 0.3) is 0 Å². The molecule has 2 aliphatic rings. The lowest BCUT2D eigenvalue weighted by Crippen LogP contribution is -2.49. The second-order valence-electron chi connectivity index (χ2n) is 8.60. The Labute approximate surface area is 153 Å². The maximum Gasteiger partial charge on any atom is 0.225 e. The van der Waals surface area contributed by atoms with Crippen molar-refractivity contribution in [1.29, 1.82) is 0 Å². The molecule has 0 aromatic carbocycles. The molecule has 25 heavy (non-hydrogen) atoms. The van der Waals surface area contributed by atoms with E-state index in [9.17, 15) is 9.59 Å². The summed E-state index contributed by atoms with van der Waals surface area (Å²) in [6.45, 7) is 12.2. The number of hydrogen-bond donors (Lipinski definition) is 0. The Balaban J connectivity index is 1.85. The minimum Gasteiger partial charge on any atom is -0.372 e. The second kappa shape index (κ2) is 9.02. The van der Waals surface area contributed by atoms with Crippen LogP contribution in [0, 0.1) is 11.8 Å². The zero-order valence-electron chi connectivity index (χ0n) is 16.6. The standard InChI is InChI=1S/C20H36N2O3/c1-16(2)6-5-9-21-12-13-25-20(15-19(21)24)7-10-22(11-8-20)18(23)14-17(3)4/h16-17H,5-15H2,1-4H3. The van der Waals surface area contributed by atoms with Crippen molar-refractivity contribution in [2.75, 3.05) is 32.8 Å². The lowest BCUT2D eigenvalue weighted by molar-refractivity contribution is -0.141. The van der Waals surface area contributed by atoms with E-state index < -0.39 is 0 Å². The Morgan fingerprint density at radius 2 is 1.80 bits per heavy atom. The van der Waals surface area contributed by atoms with Crippen LogP contribution in [0.15, 0.2) is 0 Å². The van der Waals surface area contributed by atoms with E-state index in [1.807, 2.05) is 9.80 Å². The van der Waals surface area contributed by atoms with Crippen molar-refractivity contribution in [2.24, 2.45) is 11.8 Å². The number of carbonyl (C=O) groups excluding carboxylic acids is 2. The predicted octanol–water partition coefficient (Wildman–Crippen LogP) is 3.08. The monoisotopic (exact) mass is 352 g/mol. The molecule has 5 heteroatoms. The molecule has 2 aliphatic heterocycles. The molecule has 0 radical (unpaired) electrons. The van der Waals surface area contributed by atoms with Crippen molar-refractivity contribution in [2.45, 2.75) is 71.8 Å². The average Bonchev–Trinajstić information content (AvgIpc) is 2.66. The van der Waals surface area contributed by atoms with Crippen molar-refractivity contribution in [3.63, 3.8) is 0 Å². The molecule has 1 spiro atoms. The average molecular weight is 353 g/mol. The Kier molecular flexibility index (Phi) is 7.29. The largest absolute Gasteiger partial charge is 0.372 e. The SMILES string of the molecule is CC(C)CCCN1CCOC2(CCN(C(=O)CC(C)C)CC2)CC1=O. The summed E-state index contributed by atoms with van der Waals surface area (Å²) < 4.78 is 6.17. The molecule has 2 heterocycles. The highest BCUT2D eigenvalue weighted by Crippen LogP contribution is 2.32. The highest BCUT2D eigenvalue weighted by molar-refractivity contribution is 5.78. The molecule has 144 valence electrons. The summed E-state index contributed by atoms with van der Waals surface area (Å²) in [6, 6.07) is 0. The molecule has 0 unspecified atom stereocenters. The molecule has 0 atom stereocenters. The van der Waals surface area contributed by atoms with Gasteiger partial charge in [-0.3, -0.25) is 9.59 Å². The first-order valence-electron chi connectivity index (χ1n) is 10.0. The summed E-state index contributed by atoms with van der Waals surface area (Å²) in [4.78, 5) is 28.9. The lowest BCUT2D eigenvalue weighted by Gasteiger charge is -2.40. The van der Waals surface area contributed by atoms with Crippen LogP contribution in [0.1, 0.15) is 66.2 Å². The first-order valence-corrected chi connectivity index (χ1v) is 10.0. The first-order chi connectivity index (χ1) is 11.8. The molecule has 0 aromatic heterocycles. The van der Waals surface area contributed by atoms with E-state index in [0.717, 1.165) is 32.2 Å². The van der Waals surface area contributed by atoms with Crippen LogP contribution in [0.25, 0.3) is 0 Å². The van der Waals surface area contributed by atoms with Crippen LogP contribution in [-0.2, 0) is 14.3 Å². The topological polar surface area (TPSA) is 49.9 Å². The summed E-state index contributed by atoms with van der Waals surface area (Å²) in [7, 11) is 0. The van der Waals surface area contributed by atoms with Gasteiger partial charge in [0.1, 0.15) is 0 Å². The Morgan fingerprint density at radius 1 is 1.12 bits per heavy atom. The quantitative estimate of drug-likeness (QED) is 0.738. The van der Waals surface area contributed by atoms with Crippen LogP contribution in [0.5, 0.6) is 0 Å². The van der Waals surface area contributed by atoms with E-state index >= 15 is 0 Å². The van der Waals surface area contributed by atoms with Crippen LogP contribution in [0.3, 0.4) is 0 Å². The number of nitrogens with zero attached hydrogens (tertiary/aromatic N) is 2. The molecule has 5 nitrogen and oxygen atoms in total. The third-order valence-corrected chi connectivity index (χ3v) is 5.42. The number of hydrogen-bond acceptors (Lipinski definition) is 3. The Bertz CT molecular complexity index is 454. The highest BCUT2D eigenvalue weighted by atomic mass is 16.5. The van der Waals surface area contributed by atoms with Crippen molar-refractivity contribution in [3.05, 3.63) is 0 Å². The Morgan fingerprint density at radius 3 is 2.40 bits per heavy atom. The number of ether oxygens (including phenoxy) is 1. The van der Waals surface area contributed by atoms with E-state index in [-0.39, 0.29) is 17.4 Å². The molecule has 2 rings (SSSR count). The summed E-state index contributed by atoms with van der Waals surface area (Å²) in [5.74, 6) is 1.53. The third kappa shape index (κ3) is 5.98. The van der Waals surface area contributed by atoms with Gasteiger partial charge >= 0.3 is 0 Å². The fourth-order valence-corrected chi connectivity index (χ4v) is 3.83. The summed E-state index contributed by atoms with van der Waals surface area (Å²) in [6.07, 6.45) is 4.86. The predicted molar refractivity (Wildman–Crippen MR) is 99.2 cm³/mol. The maximum atomic E-state index is 12.7. The fraction of sp³-hybridized carbons (Fsp3) is 0.900. The van der Waals surface area contributed by atoms with Crippen molar-refractivity contribution in [1.82, 2.24) is 9.80 Å². The van der Waals surface area contributed by atoms with Crippen molar-refractivity contribution in [3.8, 4) is 0 Å². The summed E-state index contributed by atoms with van der Waals surface area (Å²) in [5.41, 5.74) is -0.349. The Hall–Kier alpha value is -1.10. The van der Waals surface area contributed by atoms with Gasteiger partial charge in [0.05, 0.1) is 18.6 Å². The summed E-state index contributed by atoms with van der Waals surface area (Å²) in [5, 5.41) is 0. The van der Waals surface area contributed by atoms with Gasteiger partial charge in [-0.05, 0) is 37.5 Å². The molecular formula is C20H36N2O3. The van der Waals surface area contributed by atoms with Gasteiger partial charge in [-0.25, -0.2) is 0 Å². The zero-order chi connectivity index (χ0) is 18.4. The number of rotatable bonds is 6. The normalized spacial score (nSPS) is 21.3. The number of amides is 2. The molecule has 2 saturated heterocycles. The zero-order valence-corrected chi connectivity index (χ0v) is 16.6. The molecule has 2 amide bonds. The number of piperidine rings is 1. The molecule has 0 N–H and O–H groups in total. The van der Waals surface area contributed by atoms with Crippen LogP contribution in [0.2, 0.25) is 0 Å². The van der Waals surface area contributed by atoms with E-state index in [4.69, 9.17) is 4.74 Å². The van der Waals surface area contributed by atoms with E-state index in [1.54, 1.807) is 0 Å². The molecule has 0 aromatic rings. The highest BCUT2D eigenvalue weighted by Gasteiger charge is 2.41. The minimum absolute atomic E-state index is 0.225. The van der Waals surface area contributed by atoms with Crippen LogP contribution >= 0.6 is 0 Å². The van der Waals surface area contributed by atoms with E-state index in [2.05, 4.69) is 27.7 Å². The molecule has 0 saturated carbocycles. The first kappa shape index (κ1) is 20.2. The van der Waals surface area contributed by atoms with E-state index in [1.165, 1.54) is 0 Å². The van der Waals surface area contributed by atoms with Gasteiger partial charge in [-0.2, -0.15) is 0 Å². The van der Waals surface area contributed by atoms with Crippen molar-refractivity contribution >= 4 is 11.8 Å². The van der Waals surface area contributed by atoms with Gasteiger partial charge in [0, 0.05) is 32.6 Å². The van der Waals surface area contributed by atoms with Crippen LogP contribution in [0.4, 0.5) is 0 Å². The van der Waals surface area contributed by atoms with E-state index in [0.29, 0.717) is 50.9 Å². The van der Waals surface area contributed by atoms with Gasteiger partial charge in [-0.15, -0.1) is 0 Å². The molecular weight excluding hydrogens is 316 g/mol. The minimum atomic E-state index is -0.349. The smallest absolute Gasteiger partial charge is 0.225 e. The van der Waals surface area contributed by atoms with Crippen molar-refractivity contribution < 1.29 is 14.3 Å². The molecule has 0 aliphatic carbocycles. The maximum absolute atomic E-state index is 12.7. The van der Waals surface area contributed by atoms with Gasteiger partial charge < -0.3 is 14.5 Å². The molecule has 0 bridgehead atoms. The second-order valence-corrected chi connectivity index (χ2v) is 8.60. The molecule has 2 fully saturated rings. The third-order valence-electron chi connectivity index (χ3n) is 5.42. The van der Waals surface area contributed by atoms with Gasteiger partial charge in [0.2, 0.25) is 11.8 Å². The fourth-order valence-electron chi connectivity index (χ4n) is 3.83. The van der Waals surface area contributed by atoms with Crippen LogP contribution in [-0.4, -0.2) is 60.0 Å². The summed E-state index contributed by atoms with van der Waals surface area (Å²) >= 11 is 0. The number of carbonyl (C=O) groups is 2. The van der Waals surface area contributed by atoms with Gasteiger partial charge in [-0.1, -0.05) is 27.7 Å². The number of likely N-dealkylation sites (tertiary alicyclic amines) is 1. The lowest BCUT2D eigenvalue weighted by atomic mass is 9.87. The van der Waals surface area contributed by atoms with Gasteiger partial charge in [0.15, 0.2) is 0 Å². The van der Waals surface area contributed by atoms with Crippen LogP contribution < -0.4 is 0 Å².